The number of piperidine rings is 1. The van der Waals surface area contributed by atoms with Crippen molar-refractivity contribution in [2.24, 2.45) is 5.92 Å². The standard InChI is InChI=1S/C20H35N3O3/c1-16(21-20(25)17-6-2-3-7-17)14-19(24)23-9-5-4-8-18(23)15-22-10-12-26-13-11-22/h16-18H,2-15H2,1H3,(H,21,25). The van der Waals surface area contributed by atoms with E-state index < -0.39 is 0 Å². The van der Waals surface area contributed by atoms with Gasteiger partial charge in [0.25, 0.3) is 0 Å². The molecule has 148 valence electrons. The van der Waals surface area contributed by atoms with Crippen molar-refractivity contribution in [3.63, 3.8) is 0 Å². The van der Waals surface area contributed by atoms with Gasteiger partial charge < -0.3 is 15.0 Å². The minimum atomic E-state index is -0.0819. The number of morpholine rings is 1. The van der Waals surface area contributed by atoms with E-state index in [0.29, 0.717) is 12.5 Å². The fraction of sp³-hybridized carbons (Fsp3) is 0.900. The van der Waals surface area contributed by atoms with Gasteiger partial charge in [0.15, 0.2) is 0 Å². The molecule has 2 saturated heterocycles. The average Bonchev–Trinajstić information content (AvgIpc) is 3.18. The van der Waals surface area contributed by atoms with Crippen LogP contribution < -0.4 is 5.32 Å². The molecule has 0 aromatic heterocycles. The van der Waals surface area contributed by atoms with E-state index in [-0.39, 0.29) is 23.8 Å². The number of nitrogens with one attached hydrogen (secondary N) is 1. The SMILES string of the molecule is CC(CC(=O)N1CCCCC1CN1CCOCC1)NC(=O)C1CCCC1. The first-order valence-corrected chi connectivity index (χ1v) is 10.5. The van der Waals surface area contributed by atoms with Crippen LogP contribution in [0.3, 0.4) is 0 Å². The molecule has 2 heterocycles. The molecule has 2 atom stereocenters. The number of carbonyl (C=O) groups is 2. The van der Waals surface area contributed by atoms with E-state index >= 15 is 0 Å². The predicted octanol–water partition coefficient (Wildman–Crippen LogP) is 1.78. The van der Waals surface area contributed by atoms with Gasteiger partial charge in [0.05, 0.1) is 13.2 Å². The summed E-state index contributed by atoms with van der Waals surface area (Å²) in [7, 11) is 0. The highest BCUT2D eigenvalue weighted by atomic mass is 16.5. The number of carbonyl (C=O) groups excluding carboxylic acids is 2. The highest BCUT2D eigenvalue weighted by Gasteiger charge is 2.30. The molecule has 6 nitrogen and oxygen atoms in total. The van der Waals surface area contributed by atoms with Crippen LogP contribution in [0.25, 0.3) is 0 Å². The molecule has 0 aromatic carbocycles. The van der Waals surface area contributed by atoms with Gasteiger partial charge in [-0.3, -0.25) is 14.5 Å². The largest absolute Gasteiger partial charge is 0.379 e. The molecule has 2 amide bonds. The van der Waals surface area contributed by atoms with E-state index in [1.807, 2.05) is 6.92 Å². The number of rotatable bonds is 6. The van der Waals surface area contributed by atoms with Crippen LogP contribution in [0.4, 0.5) is 0 Å². The minimum absolute atomic E-state index is 0.0819. The van der Waals surface area contributed by atoms with Gasteiger partial charge in [-0.1, -0.05) is 12.8 Å². The maximum absolute atomic E-state index is 12.9. The summed E-state index contributed by atoms with van der Waals surface area (Å²) < 4.78 is 5.43. The predicted molar refractivity (Wildman–Crippen MR) is 101 cm³/mol. The minimum Gasteiger partial charge on any atom is -0.379 e. The molecule has 3 rings (SSSR count). The fourth-order valence-electron chi connectivity index (χ4n) is 4.58. The van der Waals surface area contributed by atoms with E-state index in [1.54, 1.807) is 0 Å². The van der Waals surface area contributed by atoms with Crippen LogP contribution in [0, 0.1) is 5.92 Å². The Morgan fingerprint density at radius 3 is 2.46 bits per heavy atom. The van der Waals surface area contributed by atoms with Crippen molar-refractivity contribution in [2.45, 2.75) is 70.4 Å². The Morgan fingerprint density at radius 1 is 1.04 bits per heavy atom. The Hall–Kier alpha value is -1.14. The molecule has 0 aromatic rings. The summed E-state index contributed by atoms with van der Waals surface area (Å²) >= 11 is 0. The lowest BCUT2D eigenvalue weighted by Crippen LogP contribution is -2.52. The van der Waals surface area contributed by atoms with E-state index in [2.05, 4.69) is 15.1 Å². The van der Waals surface area contributed by atoms with Gasteiger partial charge >= 0.3 is 0 Å². The molecule has 2 unspecified atom stereocenters. The van der Waals surface area contributed by atoms with Gasteiger partial charge in [-0.05, 0) is 39.0 Å². The van der Waals surface area contributed by atoms with E-state index in [4.69, 9.17) is 4.74 Å². The summed E-state index contributed by atoms with van der Waals surface area (Å²) in [6.45, 7) is 7.30. The molecule has 0 bridgehead atoms. The summed E-state index contributed by atoms with van der Waals surface area (Å²) in [6.07, 6.45) is 8.11. The first-order valence-electron chi connectivity index (χ1n) is 10.5. The molecule has 1 N–H and O–H groups in total. The monoisotopic (exact) mass is 365 g/mol. The maximum Gasteiger partial charge on any atom is 0.224 e. The molecule has 0 spiro atoms. The normalized spacial score (nSPS) is 26.7. The average molecular weight is 366 g/mol. The van der Waals surface area contributed by atoms with Gasteiger partial charge in [-0.25, -0.2) is 0 Å². The summed E-state index contributed by atoms with van der Waals surface area (Å²) in [6, 6.07) is 0.230. The number of likely N-dealkylation sites (tertiary alicyclic amines) is 1. The fourth-order valence-corrected chi connectivity index (χ4v) is 4.58. The van der Waals surface area contributed by atoms with Gasteiger partial charge in [0, 0.05) is 50.6 Å². The van der Waals surface area contributed by atoms with Gasteiger partial charge in [0.2, 0.25) is 11.8 Å². The molecule has 1 aliphatic carbocycles. The highest BCUT2D eigenvalue weighted by molar-refractivity contribution is 5.81. The van der Waals surface area contributed by atoms with Crippen LogP contribution in [0.2, 0.25) is 0 Å². The topological polar surface area (TPSA) is 61.9 Å². The van der Waals surface area contributed by atoms with E-state index in [1.165, 1.54) is 6.42 Å². The Morgan fingerprint density at radius 2 is 1.73 bits per heavy atom. The number of amides is 2. The van der Waals surface area contributed by atoms with Crippen molar-refractivity contribution in [2.75, 3.05) is 39.4 Å². The van der Waals surface area contributed by atoms with E-state index in [0.717, 1.165) is 77.9 Å². The molecule has 2 aliphatic heterocycles. The quantitative estimate of drug-likeness (QED) is 0.779. The van der Waals surface area contributed by atoms with Crippen LogP contribution >= 0.6 is 0 Å². The molecule has 3 fully saturated rings. The van der Waals surface area contributed by atoms with Gasteiger partial charge in [-0.15, -0.1) is 0 Å². The third-order valence-corrected chi connectivity index (χ3v) is 6.12. The number of ether oxygens (including phenoxy) is 1. The third kappa shape index (κ3) is 5.43. The van der Waals surface area contributed by atoms with Gasteiger partial charge in [0.1, 0.15) is 0 Å². The lowest BCUT2D eigenvalue weighted by atomic mass is 10.00. The Kier molecular flexibility index (Phi) is 7.32. The van der Waals surface area contributed by atoms with Crippen molar-refractivity contribution in [1.82, 2.24) is 15.1 Å². The van der Waals surface area contributed by atoms with Gasteiger partial charge in [-0.2, -0.15) is 0 Å². The molecular weight excluding hydrogens is 330 g/mol. The lowest BCUT2D eigenvalue weighted by Gasteiger charge is -2.40. The number of hydrogen-bond acceptors (Lipinski definition) is 4. The van der Waals surface area contributed by atoms with Crippen LogP contribution in [0.5, 0.6) is 0 Å². The summed E-state index contributed by atoms with van der Waals surface area (Å²) in [4.78, 5) is 29.7. The zero-order chi connectivity index (χ0) is 18.4. The highest BCUT2D eigenvalue weighted by Crippen LogP contribution is 2.25. The van der Waals surface area contributed by atoms with Crippen molar-refractivity contribution in [3.8, 4) is 0 Å². The Labute approximate surface area is 157 Å². The van der Waals surface area contributed by atoms with Crippen molar-refractivity contribution >= 4 is 11.8 Å². The van der Waals surface area contributed by atoms with Crippen LogP contribution in [-0.2, 0) is 14.3 Å². The second kappa shape index (κ2) is 9.70. The zero-order valence-corrected chi connectivity index (χ0v) is 16.3. The van der Waals surface area contributed by atoms with Crippen molar-refractivity contribution < 1.29 is 14.3 Å². The second-order valence-electron chi connectivity index (χ2n) is 8.24. The second-order valence-corrected chi connectivity index (χ2v) is 8.24. The maximum atomic E-state index is 12.9. The summed E-state index contributed by atoms with van der Waals surface area (Å²) in [5.41, 5.74) is 0. The number of nitrogens with zero attached hydrogens (tertiary/aromatic N) is 2. The summed E-state index contributed by atoms with van der Waals surface area (Å²) in [5.74, 6) is 0.505. The Balaban J connectivity index is 1.48. The lowest BCUT2D eigenvalue weighted by molar-refractivity contribution is -0.136. The number of hydrogen-bond donors (Lipinski definition) is 1. The molecule has 1 saturated carbocycles. The van der Waals surface area contributed by atoms with Crippen LogP contribution in [0.1, 0.15) is 58.3 Å². The van der Waals surface area contributed by atoms with Crippen LogP contribution in [0.15, 0.2) is 0 Å². The zero-order valence-electron chi connectivity index (χ0n) is 16.3. The first kappa shape index (κ1) is 19.6. The van der Waals surface area contributed by atoms with Crippen molar-refractivity contribution in [3.05, 3.63) is 0 Å². The molecule has 6 heteroatoms. The van der Waals surface area contributed by atoms with Crippen LogP contribution in [-0.4, -0.2) is 73.1 Å². The van der Waals surface area contributed by atoms with E-state index in [9.17, 15) is 9.59 Å². The molecular formula is C20H35N3O3. The van der Waals surface area contributed by atoms with Crippen molar-refractivity contribution in [1.29, 1.82) is 0 Å². The summed E-state index contributed by atoms with van der Waals surface area (Å²) in [5, 5.41) is 3.07. The Bertz CT molecular complexity index is 473. The molecule has 0 radical (unpaired) electrons. The molecule has 3 aliphatic rings. The smallest absolute Gasteiger partial charge is 0.224 e. The molecule has 26 heavy (non-hydrogen) atoms. The first-order chi connectivity index (χ1) is 12.6. The third-order valence-electron chi connectivity index (χ3n) is 6.12.